The van der Waals surface area contributed by atoms with Crippen LogP contribution in [0.2, 0.25) is 0 Å². The van der Waals surface area contributed by atoms with Crippen LogP contribution in [0, 0.1) is 0 Å². The summed E-state index contributed by atoms with van der Waals surface area (Å²) < 4.78 is 22.0. The maximum Gasteiger partial charge on any atom is 0.238 e. The molecule has 90 valence electrons. The number of nitrogens with one attached hydrogen (secondary N) is 2. The van der Waals surface area contributed by atoms with Crippen LogP contribution in [0.15, 0.2) is 29.2 Å². The average molecular weight is 243 g/mol. The van der Waals surface area contributed by atoms with Crippen LogP contribution in [0.4, 0.5) is 5.69 Å². The van der Waals surface area contributed by atoms with E-state index in [9.17, 15) is 8.42 Å². The smallest absolute Gasteiger partial charge is 0.238 e. The molecule has 5 nitrogen and oxygen atoms in total. The number of likely N-dealkylation sites (N-methyl/N-ethyl adjacent to an activating group) is 1. The third kappa shape index (κ3) is 4.18. The predicted molar refractivity (Wildman–Crippen MR) is 64.8 cm³/mol. The molecule has 0 amide bonds. The Morgan fingerprint density at radius 2 is 1.81 bits per heavy atom. The van der Waals surface area contributed by atoms with E-state index < -0.39 is 10.0 Å². The molecule has 6 heteroatoms. The van der Waals surface area contributed by atoms with Gasteiger partial charge in [0.25, 0.3) is 0 Å². The first kappa shape index (κ1) is 13.0. The van der Waals surface area contributed by atoms with Gasteiger partial charge in [0, 0.05) is 18.8 Å². The number of hydrogen-bond acceptors (Lipinski definition) is 4. The Kier molecular flexibility index (Phi) is 4.72. The van der Waals surface area contributed by atoms with Crippen LogP contribution in [0.25, 0.3) is 0 Å². The molecule has 0 aromatic heterocycles. The summed E-state index contributed by atoms with van der Waals surface area (Å²) >= 11 is 0. The topological polar surface area (TPSA) is 84.2 Å². The maximum absolute atomic E-state index is 11.0. The molecule has 0 saturated heterocycles. The molecule has 0 saturated carbocycles. The molecule has 16 heavy (non-hydrogen) atoms. The molecule has 0 bridgehead atoms. The molecule has 0 aliphatic rings. The Balaban J connectivity index is 2.52. The van der Waals surface area contributed by atoms with E-state index in [0.717, 1.165) is 25.3 Å². The first-order valence-corrected chi connectivity index (χ1v) is 6.66. The highest BCUT2D eigenvalue weighted by molar-refractivity contribution is 7.89. The standard InChI is InChI=1S/C10H17N3O2S/c1-2-12-7-8-13-9-3-5-10(6-4-9)16(11,14)15/h3-6,12-13H,2,7-8H2,1H3,(H2,11,14,15). The Labute approximate surface area is 96.1 Å². The van der Waals surface area contributed by atoms with Crippen LogP contribution >= 0.6 is 0 Å². The molecule has 0 aliphatic heterocycles. The molecule has 0 atom stereocenters. The molecule has 0 unspecified atom stereocenters. The average Bonchev–Trinajstić information content (AvgIpc) is 2.24. The fraction of sp³-hybridized carbons (Fsp3) is 0.400. The van der Waals surface area contributed by atoms with Crippen LogP contribution in [0.1, 0.15) is 6.92 Å². The van der Waals surface area contributed by atoms with Gasteiger partial charge >= 0.3 is 0 Å². The van der Waals surface area contributed by atoms with E-state index in [0.29, 0.717) is 0 Å². The van der Waals surface area contributed by atoms with Crippen LogP contribution in [0.3, 0.4) is 0 Å². The molecule has 1 aromatic rings. The van der Waals surface area contributed by atoms with Gasteiger partial charge in [-0.3, -0.25) is 0 Å². The van der Waals surface area contributed by atoms with E-state index >= 15 is 0 Å². The molecule has 0 radical (unpaired) electrons. The summed E-state index contributed by atoms with van der Waals surface area (Å²) in [4.78, 5) is 0.129. The summed E-state index contributed by atoms with van der Waals surface area (Å²) in [6.07, 6.45) is 0. The summed E-state index contributed by atoms with van der Waals surface area (Å²) in [5.41, 5.74) is 0.880. The van der Waals surface area contributed by atoms with Gasteiger partial charge in [-0.05, 0) is 30.8 Å². The first-order valence-electron chi connectivity index (χ1n) is 5.11. The zero-order valence-corrected chi connectivity index (χ0v) is 10.0. The Morgan fingerprint density at radius 1 is 1.19 bits per heavy atom. The van der Waals surface area contributed by atoms with Crippen molar-refractivity contribution >= 4 is 15.7 Å². The molecular formula is C10H17N3O2S. The number of anilines is 1. The zero-order chi connectivity index (χ0) is 12.0. The van der Waals surface area contributed by atoms with Crippen LogP contribution in [0.5, 0.6) is 0 Å². The Hall–Kier alpha value is -1.11. The minimum absolute atomic E-state index is 0.129. The van der Waals surface area contributed by atoms with E-state index in [2.05, 4.69) is 10.6 Å². The molecule has 1 aromatic carbocycles. The number of benzene rings is 1. The van der Waals surface area contributed by atoms with Gasteiger partial charge in [0.1, 0.15) is 0 Å². The van der Waals surface area contributed by atoms with E-state index in [1.165, 1.54) is 12.1 Å². The third-order valence-electron chi connectivity index (χ3n) is 2.06. The molecular weight excluding hydrogens is 226 g/mol. The minimum atomic E-state index is -3.59. The number of hydrogen-bond donors (Lipinski definition) is 3. The fourth-order valence-electron chi connectivity index (χ4n) is 1.23. The molecule has 0 fully saturated rings. The second-order valence-corrected chi connectivity index (χ2v) is 4.91. The molecule has 1 rings (SSSR count). The molecule has 4 N–H and O–H groups in total. The van der Waals surface area contributed by atoms with Crippen molar-refractivity contribution in [3.05, 3.63) is 24.3 Å². The van der Waals surface area contributed by atoms with Crippen molar-refractivity contribution in [2.75, 3.05) is 25.0 Å². The second kappa shape index (κ2) is 5.83. The van der Waals surface area contributed by atoms with E-state index in [4.69, 9.17) is 5.14 Å². The summed E-state index contributed by atoms with van der Waals surface area (Å²) in [7, 11) is -3.59. The van der Waals surface area contributed by atoms with E-state index in [1.54, 1.807) is 12.1 Å². The first-order chi connectivity index (χ1) is 7.54. The minimum Gasteiger partial charge on any atom is -0.384 e. The predicted octanol–water partition coefficient (Wildman–Crippen LogP) is 0.355. The Bertz CT molecular complexity index is 414. The molecule has 0 spiro atoms. The van der Waals surface area contributed by atoms with Gasteiger partial charge in [-0.2, -0.15) is 0 Å². The number of rotatable bonds is 6. The van der Waals surface area contributed by atoms with Gasteiger partial charge in [-0.15, -0.1) is 0 Å². The van der Waals surface area contributed by atoms with Gasteiger partial charge in [-0.1, -0.05) is 6.92 Å². The molecule has 0 heterocycles. The van der Waals surface area contributed by atoms with Gasteiger partial charge in [-0.25, -0.2) is 13.6 Å². The zero-order valence-electron chi connectivity index (χ0n) is 9.23. The fourth-order valence-corrected chi connectivity index (χ4v) is 1.75. The highest BCUT2D eigenvalue weighted by Gasteiger charge is 2.05. The summed E-state index contributed by atoms with van der Waals surface area (Å²) in [5.74, 6) is 0. The van der Waals surface area contributed by atoms with Crippen LogP contribution in [-0.2, 0) is 10.0 Å². The highest BCUT2D eigenvalue weighted by atomic mass is 32.2. The second-order valence-electron chi connectivity index (χ2n) is 3.35. The normalized spacial score (nSPS) is 11.4. The summed E-state index contributed by atoms with van der Waals surface area (Å²) in [6.45, 7) is 4.64. The SMILES string of the molecule is CCNCCNc1ccc(S(N)(=O)=O)cc1. The van der Waals surface area contributed by atoms with Crippen molar-refractivity contribution in [3.8, 4) is 0 Å². The number of sulfonamides is 1. The third-order valence-corrected chi connectivity index (χ3v) is 2.99. The lowest BCUT2D eigenvalue weighted by Gasteiger charge is -2.07. The molecule has 0 aliphatic carbocycles. The van der Waals surface area contributed by atoms with Crippen molar-refractivity contribution in [3.63, 3.8) is 0 Å². The lowest BCUT2D eigenvalue weighted by atomic mass is 10.3. The number of nitrogens with two attached hydrogens (primary N) is 1. The van der Waals surface area contributed by atoms with Crippen molar-refractivity contribution in [1.82, 2.24) is 5.32 Å². The van der Waals surface area contributed by atoms with Crippen LogP contribution < -0.4 is 15.8 Å². The summed E-state index contributed by atoms with van der Waals surface area (Å²) in [5, 5.41) is 11.3. The Morgan fingerprint density at radius 3 is 2.31 bits per heavy atom. The van der Waals surface area contributed by atoms with Crippen LogP contribution in [-0.4, -0.2) is 28.1 Å². The highest BCUT2D eigenvalue weighted by Crippen LogP contribution is 2.11. The lowest BCUT2D eigenvalue weighted by molar-refractivity contribution is 0.598. The monoisotopic (exact) mass is 243 g/mol. The summed E-state index contributed by atoms with van der Waals surface area (Å²) in [6, 6.07) is 6.38. The van der Waals surface area contributed by atoms with E-state index in [-0.39, 0.29) is 4.90 Å². The van der Waals surface area contributed by atoms with Crippen molar-refractivity contribution in [1.29, 1.82) is 0 Å². The van der Waals surface area contributed by atoms with Gasteiger partial charge in [0.2, 0.25) is 10.0 Å². The van der Waals surface area contributed by atoms with Gasteiger partial charge < -0.3 is 10.6 Å². The van der Waals surface area contributed by atoms with Crippen molar-refractivity contribution in [2.45, 2.75) is 11.8 Å². The van der Waals surface area contributed by atoms with Crippen molar-refractivity contribution in [2.24, 2.45) is 5.14 Å². The van der Waals surface area contributed by atoms with Gasteiger partial charge in [0.15, 0.2) is 0 Å². The number of primary sulfonamides is 1. The lowest BCUT2D eigenvalue weighted by Crippen LogP contribution is -2.21. The van der Waals surface area contributed by atoms with Gasteiger partial charge in [0.05, 0.1) is 4.90 Å². The largest absolute Gasteiger partial charge is 0.384 e. The maximum atomic E-state index is 11.0. The van der Waals surface area contributed by atoms with Crippen molar-refractivity contribution < 1.29 is 8.42 Å². The quantitative estimate of drug-likeness (QED) is 0.630. The van der Waals surface area contributed by atoms with E-state index in [1.807, 2.05) is 6.92 Å².